The molecule has 8 nitrogen and oxygen atoms in total. The van der Waals surface area contributed by atoms with E-state index < -0.39 is 23.6 Å². The molecular formula is C17H19FN4O4. The molecule has 2 aromatic rings. The molecule has 0 radical (unpaired) electrons. The number of hydrogen-bond donors (Lipinski definition) is 3. The highest BCUT2D eigenvalue weighted by Gasteiger charge is 2.27. The van der Waals surface area contributed by atoms with Crippen LogP contribution in [0.4, 0.5) is 4.39 Å². The Labute approximate surface area is 149 Å². The van der Waals surface area contributed by atoms with Gasteiger partial charge in [0.25, 0.3) is 11.8 Å². The monoisotopic (exact) mass is 362 g/mol. The van der Waals surface area contributed by atoms with Gasteiger partial charge in [-0.15, -0.1) is 0 Å². The molecule has 26 heavy (non-hydrogen) atoms. The van der Waals surface area contributed by atoms with Crippen LogP contribution in [0.15, 0.2) is 24.3 Å². The molecule has 138 valence electrons. The van der Waals surface area contributed by atoms with Crippen LogP contribution >= 0.6 is 0 Å². The number of rotatable bonds is 4. The van der Waals surface area contributed by atoms with Gasteiger partial charge in [0.2, 0.25) is 5.75 Å². The van der Waals surface area contributed by atoms with Gasteiger partial charge in [0.15, 0.2) is 11.5 Å². The minimum absolute atomic E-state index is 0.112. The molecule has 1 fully saturated rings. The summed E-state index contributed by atoms with van der Waals surface area (Å²) in [7, 11) is 1.91. The fourth-order valence-corrected chi connectivity index (χ4v) is 2.56. The second-order valence-electron chi connectivity index (χ2n) is 6.03. The minimum Gasteiger partial charge on any atom is -0.501 e. The van der Waals surface area contributed by atoms with Crippen molar-refractivity contribution in [1.29, 1.82) is 0 Å². The zero-order valence-electron chi connectivity index (χ0n) is 14.1. The van der Waals surface area contributed by atoms with Crippen molar-refractivity contribution >= 4 is 5.91 Å². The van der Waals surface area contributed by atoms with Crippen molar-refractivity contribution in [1.82, 2.24) is 20.2 Å². The molecular weight excluding hydrogens is 343 g/mol. The van der Waals surface area contributed by atoms with Crippen LogP contribution in [0.1, 0.15) is 28.0 Å². The van der Waals surface area contributed by atoms with Gasteiger partial charge in [0, 0.05) is 19.6 Å². The maximum atomic E-state index is 12.9. The van der Waals surface area contributed by atoms with Gasteiger partial charge >= 0.3 is 0 Å². The number of aromatic nitrogens is 2. The van der Waals surface area contributed by atoms with E-state index in [0.717, 1.165) is 6.54 Å². The summed E-state index contributed by atoms with van der Waals surface area (Å²) >= 11 is 0. The SMILES string of the molecule is CN1CCOC(c2nc(O)c(O)c(C(=O)NCc3ccc(F)cc3)n2)C1. The molecule has 0 saturated carbocycles. The van der Waals surface area contributed by atoms with Gasteiger partial charge in [-0.2, -0.15) is 4.98 Å². The van der Waals surface area contributed by atoms with E-state index in [1.807, 2.05) is 11.9 Å². The Morgan fingerprint density at radius 1 is 1.35 bits per heavy atom. The zero-order valence-corrected chi connectivity index (χ0v) is 14.1. The quantitative estimate of drug-likeness (QED) is 0.743. The van der Waals surface area contributed by atoms with Crippen molar-refractivity contribution in [3.63, 3.8) is 0 Å². The molecule has 1 saturated heterocycles. The predicted octanol–water partition coefficient (Wildman–Crippen LogP) is 0.960. The van der Waals surface area contributed by atoms with Gasteiger partial charge < -0.3 is 25.2 Å². The molecule has 1 aromatic heterocycles. The highest BCUT2D eigenvalue weighted by atomic mass is 19.1. The second kappa shape index (κ2) is 7.63. The van der Waals surface area contributed by atoms with Crippen molar-refractivity contribution in [2.45, 2.75) is 12.6 Å². The van der Waals surface area contributed by atoms with E-state index in [1.165, 1.54) is 24.3 Å². The molecule has 1 unspecified atom stereocenters. The molecule has 9 heteroatoms. The summed E-state index contributed by atoms with van der Waals surface area (Å²) < 4.78 is 18.5. The molecule has 1 aliphatic rings. The number of likely N-dealkylation sites (N-methyl/N-ethyl adjacent to an activating group) is 1. The Bertz CT molecular complexity index is 800. The third-order valence-electron chi connectivity index (χ3n) is 4.02. The maximum Gasteiger partial charge on any atom is 0.274 e. The fourth-order valence-electron chi connectivity index (χ4n) is 2.56. The molecule has 1 aliphatic heterocycles. The number of nitrogens with one attached hydrogen (secondary N) is 1. The number of hydrogen-bond acceptors (Lipinski definition) is 7. The Morgan fingerprint density at radius 3 is 2.77 bits per heavy atom. The van der Waals surface area contributed by atoms with E-state index in [2.05, 4.69) is 15.3 Å². The molecule has 2 heterocycles. The largest absolute Gasteiger partial charge is 0.501 e. The van der Waals surface area contributed by atoms with E-state index in [9.17, 15) is 19.4 Å². The third-order valence-corrected chi connectivity index (χ3v) is 4.02. The van der Waals surface area contributed by atoms with Gasteiger partial charge in [-0.25, -0.2) is 9.37 Å². The smallest absolute Gasteiger partial charge is 0.274 e. The van der Waals surface area contributed by atoms with Crippen LogP contribution in [-0.4, -0.2) is 57.7 Å². The topological polar surface area (TPSA) is 108 Å². The number of morpholine rings is 1. The first-order valence-electron chi connectivity index (χ1n) is 8.06. The Balaban J connectivity index is 1.77. The van der Waals surface area contributed by atoms with Crippen molar-refractivity contribution < 1.29 is 24.1 Å². The van der Waals surface area contributed by atoms with Gasteiger partial charge in [0.05, 0.1) is 6.61 Å². The van der Waals surface area contributed by atoms with Crippen LogP contribution in [0.5, 0.6) is 11.6 Å². The summed E-state index contributed by atoms with van der Waals surface area (Å²) in [6.07, 6.45) is -0.510. The summed E-state index contributed by atoms with van der Waals surface area (Å²) in [5.41, 5.74) is 0.335. The van der Waals surface area contributed by atoms with Crippen molar-refractivity contribution in [3.05, 3.63) is 47.2 Å². The van der Waals surface area contributed by atoms with Crippen LogP contribution < -0.4 is 5.32 Å². The van der Waals surface area contributed by atoms with E-state index in [1.54, 1.807) is 0 Å². The number of halogens is 1. The van der Waals surface area contributed by atoms with Crippen molar-refractivity contribution in [2.75, 3.05) is 26.7 Å². The molecule has 3 N–H and O–H groups in total. The molecule has 0 bridgehead atoms. The van der Waals surface area contributed by atoms with E-state index in [-0.39, 0.29) is 23.9 Å². The van der Waals surface area contributed by atoms with Gasteiger partial charge in [-0.1, -0.05) is 12.1 Å². The molecule has 3 rings (SSSR count). The van der Waals surface area contributed by atoms with Crippen LogP contribution in [0.3, 0.4) is 0 Å². The van der Waals surface area contributed by atoms with Crippen molar-refractivity contribution in [3.8, 4) is 11.6 Å². The summed E-state index contributed by atoms with van der Waals surface area (Å²) in [5.74, 6) is -2.32. The third kappa shape index (κ3) is 4.06. The predicted molar refractivity (Wildman–Crippen MR) is 89.1 cm³/mol. The van der Waals surface area contributed by atoms with Gasteiger partial charge in [-0.3, -0.25) is 4.79 Å². The average Bonchev–Trinajstić information content (AvgIpc) is 2.63. The lowest BCUT2D eigenvalue weighted by molar-refractivity contribution is -0.0258. The molecule has 1 atom stereocenters. The number of carbonyl (C=O) groups excluding carboxylic acids is 1. The number of carbonyl (C=O) groups is 1. The second-order valence-corrected chi connectivity index (χ2v) is 6.03. The highest BCUT2D eigenvalue weighted by Crippen LogP contribution is 2.29. The number of benzene rings is 1. The Hall–Kier alpha value is -2.78. The lowest BCUT2D eigenvalue weighted by atomic mass is 10.2. The summed E-state index contributed by atoms with van der Waals surface area (Å²) in [6, 6.07) is 5.63. The Morgan fingerprint density at radius 2 is 2.08 bits per heavy atom. The Kier molecular flexibility index (Phi) is 5.29. The van der Waals surface area contributed by atoms with Crippen LogP contribution in [-0.2, 0) is 11.3 Å². The fraction of sp³-hybridized carbons (Fsp3) is 0.353. The number of amides is 1. The minimum atomic E-state index is -0.700. The van der Waals surface area contributed by atoms with Crippen LogP contribution in [0, 0.1) is 5.82 Å². The maximum absolute atomic E-state index is 12.9. The summed E-state index contributed by atoms with van der Waals surface area (Å²) in [6.45, 7) is 1.84. The molecule has 1 amide bonds. The van der Waals surface area contributed by atoms with E-state index in [4.69, 9.17) is 4.74 Å². The normalized spacial score (nSPS) is 17.8. The number of aromatic hydroxyl groups is 2. The highest BCUT2D eigenvalue weighted by molar-refractivity contribution is 5.95. The zero-order chi connectivity index (χ0) is 18.7. The van der Waals surface area contributed by atoms with Crippen LogP contribution in [0.2, 0.25) is 0 Å². The average molecular weight is 362 g/mol. The number of nitrogens with zero attached hydrogens (tertiary/aromatic N) is 3. The first-order chi connectivity index (χ1) is 12.4. The first kappa shape index (κ1) is 18.0. The molecule has 0 spiro atoms. The lowest BCUT2D eigenvalue weighted by Gasteiger charge is -2.29. The van der Waals surface area contributed by atoms with Crippen molar-refractivity contribution in [2.24, 2.45) is 0 Å². The van der Waals surface area contributed by atoms with E-state index in [0.29, 0.717) is 18.7 Å². The molecule has 1 aromatic carbocycles. The van der Waals surface area contributed by atoms with Crippen LogP contribution in [0.25, 0.3) is 0 Å². The standard InChI is InChI=1S/C17H19FN4O4/c1-22-6-7-26-12(9-22)15-20-13(14(23)17(25)21-15)16(24)19-8-10-2-4-11(18)5-3-10/h2-5,12,23H,6-9H2,1H3,(H,19,24)(H,20,21,25). The number of ether oxygens (including phenoxy) is 1. The first-order valence-corrected chi connectivity index (χ1v) is 8.06. The van der Waals surface area contributed by atoms with Gasteiger partial charge in [0.1, 0.15) is 11.9 Å². The van der Waals surface area contributed by atoms with Gasteiger partial charge in [-0.05, 0) is 24.7 Å². The summed E-state index contributed by atoms with van der Waals surface area (Å²) in [5, 5.41) is 22.4. The summed E-state index contributed by atoms with van der Waals surface area (Å²) in [4.78, 5) is 22.3. The lowest BCUT2D eigenvalue weighted by Crippen LogP contribution is -2.36. The van der Waals surface area contributed by atoms with E-state index >= 15 is 0 Å². The molecule has 0 aliphatic carbocycles.